The summed E-state index contributed by atoms with van der Waals surface area (Å²) in [6, 6.07) is 9.25. The minimum absolute atomic E-state index is 0.0316. The zero-order valence-electron chi connectivity index (χ0n) is 18.6. The van der Waals surface area contributed by atoms with Crippen molar-refractivity contribution in [2.45, 2.75) is 17.9 Å². The third kappa shape index (κ3) is 4.98. The largest absolute Gasteiger partial charge is 0.496 e. The third-order valence-corrected chi connectivity index (χ3v) is 7.17. The van der Waals surface area contributed by atoms with Crippen molar-refractivity contribution in [3.05, 3.63) is 47.5 Å². The van der Waals surface area contributed by atoms with Crippen LogP contribution in [-0.2, 0) is 14.8 Å². The maximum atomic E-state index is 13.1. The molecule has 1 atom stereocenters. The zero-order chi connectivity index (χ0) is 23.3. The van der Waals surface area contributed by atoms with Gasteiger partial charge in [-0.2, -0.15) is 4.31 Å². The van der Waals surface area contributed by atoms with Gasteiger partial charge in [-0.1, -0.05) is 6.07 Å². The molecule has 0 spiro atoms. The number of hydrogen-bond acceptors (Lipinski definition) is 7. The molecule has 1 amide bonds. The fourth-order valence-electron chi connectivity index (χ4n) is 3.44. The molecule has 3 rings (SSSR count). The van der Waals surface area contributed by atoms with Crippen LogP contribution in [0.3, 0.4) is 0 Å². The van der Waals surface area contributed by atoms with E-state index in [0.717, 1.165) is 5.56 Å². The Kier molecular flexibility index (Phi) is 7.60. The van der Waals surface area contributed by atoms with Crippen LogP contribution in [0.2, 0.25) is 0 Å². The number of methoxy groups -OCH3 is 3. The van der Waals surface area contributed by atoms with Crippen LogP contribution in [0, 0.1) is 0 Å². The lowest BCUT2D eigenvalue weighted by atomic mass is 10.1. The molecular formula is C22H28N2O7S. The smallest absolute Gasteiger partial charge is 0.255 e. The molecule has 1 aliphatic heterocycles. The molecule has 1 saturated heterocycles. The first-order valence-electron chi connectivity index (χ1n) is 10.1. The summed E-state index contributed by atoms with van der Waals surface area (Å²) in [6.45, 7) is 3.04. The fourth-order valence-corrected chi connectivity index (χ4v) is 4.88. The van der Waals surface area contributed by atoms with E-state index in [1.54, 1.807) is 19.2 Å². The summed E-state index contributed by atoms with van der Waals surface area (Å²) in [5.41, 5.74) is 0.932. The van der Waals surface area contributed by atoms with Crippen molar-refractivity contribution >= 4 is 15.9 Å². The van der Waals surface area contributed by atoms with Gasteiger partial charge in [0.25, 0.3) is 5.91 Å². The van der Waals surface area contributed by atoms with Crippen LogP contribution in [0.4, 0.5) is 0 Å². The number of nitrogens with zero attached hydrogens (tertiary/aromatic N) is 1. The van der Waals surface area contributed by atoms with E-state index >= 15 is 0 Å². The summed E-state index contributed by atoms with van der Waals surface area (Å²) in [5, 5.41) is 2.89. The van der Waals surface area contributed by atoms with Gasteiger partial charge < -0.3 is 24.3 Å². The van der Waals surface area contributed by atoms with Crippen LogP contribution in [0.5, 0.6) is 17.2 Å². The van der Waals surface area contributed by atoms with E-state index in [4.69, 9.17) is 18.9 Å². The first-order valence-corrected chi connectivity index (χ1v) is 11.5. The fraction of sp³-hybridized carbons (Fsp3) is 0.409. The van der Waals surface area contributed by atoms with E-state index in [0.29, 0.717) is 24.7 Å². The van der Waals surface area contributed by atoms with Gasteiger partial charge in [0.1, 0.15) is 5.75 Å². The van der Waals surface area contributed by atoms with Crippen molar-refractivity contribution < 1.29 is 32.2 Å². The summed E-state index contributed by atoms with van der Waals surface area (Å²) in [6.07, 6.45) is 0. The molecule has 0 saturated carbocycles. The van der Waals surface area contributed by atoms with Crippen LogP contribution >= 0.6 is 0 Å². The van der Waals surface area contributed by atoms with E-state index in [9.17, 15) is 13.2 Å². The summed E-state index contributed by atoms with van der Waals surface area (Å²) >= 11 is 0. The molecular weight excluding hydrogens is 436 g/mol. The van der Waals surface area contributed by atoms with Crippen molar-refractivity contribution in [3.63, 3.8) is 0 Å². The molecule has 32 heavy (non-hydrogen) atoms. The topological polar surface area (TPSA) is 103 Å². The highest BCUT2D eigenvalue weighted by Gasteiger charge is 2.28. The van der Waals surface area contributed by atoms with Crippen LogP contribution in [-0.4, -0.2) is 66.3 Å². The highest BCUT2D eigenvalue weighted by molar-refractivity contribution is 7.89. The second-order valence-electron chi connectivity index (χ2n) is 7.19. The number of sulfonamides is 1. The standard InChI is InChI=1S/C22H28N2O7S/c1-15(16-5-7-20(29-3)21(13-16)30-4)23-22(25)18-14-17(6-8-19(18)28-2)32(26,27)24-9-11-31-12-10-24/h5-8,13-15H,9-12H2,1-4H3,(H,23,25)/t15-/m0/s1. The number of carbonyl (C=O) groups is 1. The molecule has 1 fully saturated rings. The number of rotatable bonds is 8. The Hall–Kier alpha value is -2.82. The van der Waals surface area contributed by atoms with Gasteiger partial charge in [-0.25, -0.2) is 8.42 Å². The molecule has 2 aromatic carbocycles. The molecule has 0 radical (unpaired) electrons. The lowest BCUT2D eigenvalue weighted by Gasteiger charge is -2.26. The summed E-state index contributed by atoms with van der Waals surface area (Å²) < 4.78 is 48.5. The van der Waals surface area contributed by atoms with Gasteiger partial charge in [-0.15, -0.1) is 0 Å². The monoisotopic (exact) mass is 464 g/mol. The lowest BCUT2D eigenvalue weighted by molar-refractivity contribution is 0.0730. The molecule has 9 nitrogen and oxygen atoms in total. The van der Waals surface area contributed by atoms with E-state index in [2.05, 4.69) is 5.32 Å². The summed E-state index contributed by atoms with van der Waals surface area (Å²) in [4.78, 5) is 13.1. The van der Waals surface area contributed by atoms with Gasteiger partial charge in [-0.05, 0) is 42.8 Å². The molecule has 0 bridgehead atoms. The highest BCUT2D eigenvalue weighted by Crippen LogP contribution is 2.30. The molecule has 2 aromatic rings. The minimum Gasteiger partial charge on any atom is -0.496 e. The highest BCUT2D eigenvalue weighted by atomic mass is 32.2. The zero-order valence-corrected chi connectivity index (χ0v) is 19.4. The Balaban J connectivity index is 1.86. The Morgan fingerprint density at radius 2 is 1.59 bits per heavy atom. The molecule has 10 heteroatoms. The number of ether oxygens (including phenoxy) is 4. The van der Waals surface area contributed by atoms with Crippen LogP contribution in [0.15, 0.2) is 41.3 Å². The minimum atomic E-state index is -3.75. The van der Waals surface area contributed by atoms with E-state index in [-0.39, 0.29) is 35.3 Å². The maximum absolute atomic E-state index is 13.1. The second-order valence-corrected chi connectivity index (χ2v) is 9.13. The van der Waals surface area contributed by atoms with E-state index in [1.165, 1.54) is 36.7 Å². The molecule has 1 heterocycles. The molecule has 0 unspecified atom stereocenters. The number of morpholine rings is 1. The van der Waals surface area contributed by atoms with Gasteiger partial charge in [0.2, 0.25) is 10.0 Å². The second kappa shape index (κ2) is 10.2. The first kappa shape index (κ1) is 23.8. The Morgan fingerprint density at radius 1 is 0.969 bits per heavy atom. The quantitative estimate of drug-likeness (QED) is 0.639. The summed E-state index contributed by atoms with van der Waals surface area (Å²) in [5.74, 6) is 0.950. The normalized spacial score (nSPS) is 15.6. The van der Waals surface area contributed by atoms with Gasteiger partial charge in [0.15, 0.2) is 11.5 Å². The average molecular weight is 465 g/mol. The van der Waals surface area contributed by atoms with Gasteiger partial charge in [0, 0.05) is 13.1 Å². The van der Waals surface area contributed by atoms with Gasteiger partial charge in [0.05, 0.1) is 51.0 Å². The molecule has 0 aromatic heterocycles. The Morgan fingerprint density at radius 3 is 2.22 bits per heavy atom. The predicted molar refractivity (Wildman–Crippen MR) is 118 cm³/mol. The van der Waals surface area contributed by atoms with Crippen molar-refractivity contribution in [2.24, 2.45) is 0 Å². The third-order valence-electron chi connectivity index (χ3n) is 5.28. The van der Waals surface area contributed by atoms with Crippen molar-refractivity contribution in [3.8, 4) is 17.2 Å². The lowest BCUT2D eigenvalue weighted by Crippen LogP contribution is -2.40. The van der Waals surface area contributed by atoms with Crippen LogP contribution in [0.25, 0.3) is 0 Å². The maximum Gasteiger partial charge on any atom is 0.255 e. The Bertz CT molecular complexity index is 1070. The number of nitrogens with one attached hydrogen (secondary N) is 1. The molecule has 174 valence electrons. The SMILES string of the molecule is COc1ccc([C@H](C)NC(=O)c2cc(S(=O)(=O)N3CCOCC3)ccc2OC)cc1OC. The van der Waals surface area contributed by atoms with Crippen LogP contribution < -0.4 is 19.5 Å². The molecule has 0 aliphatic carbocycles. The van der Waals surface area contributed by atoms with Crippen molar-refractivity contribution in [1.82, 2.24) is 9.62 Å². The predicted octanol–water partition coefficient (Wildman–Crippen LogP) is 2.22. The number of carbonyl (C=O) groups excluding carboxylic acids is 1. The van der Waals surface area contributed by atoms with Crippen molar-refractivity contribution in [2.75, 3.05) is 47.6 Å². The van der Waals surface area contributed by atoms with Crippen LogP contribution in [0.1, 0.15) is 28.9 Å². The van der Waals surface area contributed by atoms with Gasteiger partial charge in [-0.3, -0.25) is 4.79 Å². The number of hydrogen-bond donors (Lipinski definition) is 1. The summed E-state index contributed by atoms with van der Waals surface area (Å²) in [7, 11) is 0.764. The first-order chi connectivity index (χ1) is 15.3. The van der Waals surface area contributed by atoms with E-state index in [1.807, 2.05) is 13.0 Å². The van der Waals surface area contributed by atoms with E-state index < -0.39 is 15.9 Å². The number of amides is 1. The molecule has 1 aliphatic rings. The van der Waals surface area contributed by atoms with Crippen molar-refractivity contribution in [1.29, 1.82) is 0 Å². The van der Waals surface area contributed by atoms with Gasteiger partial charge >= 0.3 is 0 Å². The molecule has 1 N–H and O–H groups in total. The average Bonchev–Trinajstić information content (AvgIpc) is 2.83. The number of benzene rings is 2. The Labute approximate surface area is 188 Å².